The van der Waals surface area contributed by atoms with E-state index in [1.807, 2.05) is 18.2 Å². The molecular formula is C13H11ClN2O2. The van der Waals surface area contributed by atoms with Crippen LogP contribution < -0.4 is 5.43 Å². The van der Waals surface area contributed by atoms with E-state index in [1.54, 1.807) is 18.2 Å². The third-order valence-electron chi connectivity index (χ3n) is 2.17. The van der Waals surface area contributed by atoms with Crippen molar-refractivity contribution in [2.24, 2.45) is 5.10 Å². The lowest BCUT2D eigenvalue weighted by atomic mass is 10.2. The van der Waals surface area contributed by atoms with Crippen molar-refractivity contribution in [3.8, 4) is 11.3 Å². The standard InChI is InChI=1S/C13H11ClN2O2/c1-9(17)16-15-8-12-6-7-13(18-12)10-2-4-11(14)5-3-10/h2-8H,1H3,(H,16,17)/b15-8+. The summed E-state index contributed by atoms with van der Waals surface area (Å²) < 4.78 is 5.55. The Morgan fingerprint density at radius 2 is 2.00 bits per heavy atom. The maximum atomic E-state index is 10.6. The molecule has 0 bridgehead atoms. The molecule has 0 aliphatic heterocycles. The van der Waals surface area contributed by atoms with Crippen LogP contribution in [0.3, 0.4) is 0 Å². The Labute approximate surface area is 109 Å². The lowest BCUT2D eigenvalue weighted by Crippen LogP contribution is -2.12. The van der Waals surface area contributed by atoms with Crippen LogP contribution in [-0.4, -0.2) is 12.1 Å². The zero-order chi connectivity index (χ0) is 13.0. The number of hydrogen-bond donors (Lipinski definition) is 1. The number of rotatable bonds is 3. The molecule has 5 heteroatoms. The fourth-order valence-corrected chi connectivity index (χ4v) is 1.50. The van der Waals surface area contributed by atoms with Crippen LogP contribution in [0.15, 0.2) is 45.9 Å². The van der Waals surface area contributed by atoms with E-state index in [9.17, 15) is 4.79 Å². The summed E-state index contributed by atoms with van der Waals surface area (Å²) >= 11 is 5.81. The molecule has 92 valence electrons. The second-order valence-electron chi connectivity index (χ2n) is 3.64. The van der Waals surface area contributed by atoms with Gasteiger partial charge in [0.05, 0.1) is 6.21 Å². The minimum Gasteiger partial charge on any atom is -0.455 e. The summed E-state index contributed by atoms with van der Waals surface area (Å²) in [7, 11) is 0. The molecule has 2 aromatic rings. The van der Waals surface area contributed by atoms with Gasteiger partial charge in [0.25, 0.3) is 0 Å². The Morgan fingerprint density at radius 3 is 2.67 bits per heavy atom. The van der Waals surface area contributed by atoms with E-state index < -0.39 is 0 Å². The zero-order valence-corrected chi connectivity index (χ0v) is 10.4. The number of benzene rings is 1. The number of hydrogen-bond acceptors (Lipinski definition) is 3. The molecule has 18 heavy (non-hydrogen) atoms. The highest BCUT2D eigenvalue weighted by Crippen LogP contribution is 2.23. The van der Waals surface area contributed by atoms with Crippen LogP contribution in [0, 0.1) is 0 Å². The number of carbonyl (C=O) groups excluding carboxylic acids is 1. The molecule has 0 aliphatic rings. The number of furan rings is 1. The van der Waals surface area contributed by atoms with Crippen LogP contribution >= 0.6 is 11.6 Å². The zero-order valence-electron chi connectivity index (χ0n) is 9.68. The smallest absolute Gasteiger partial charge is 0.236 e. The summed E-state index contributed by atoms with van der Waals surface area (Å²) in [4.78, 5) is 10.6. The molecule has 1 amide bonds. The van der Waals surface area contributed by atoms with Crippen molar-refractivity contribution in [1.82, 2.24) is 5.43 Å². The summed E-state index contributed by atoms with van der Waals surface area (Å²) in [6.45, 7) is 1.39. The Bertz CT molecular complexity index is 573. The topological polar surface area (TPSA) is 54.6 Å². The van der Waals surface area contributed by atoms with Crippen LogP contribution in [0.1, 0.15) is 12.7 Å². The quantitative estimate of drug-likeness (QED) is 0.683. The number of amides is 1. The number of hydrazone groups is 1. The van der Waals surface area contributed by atoms with Gasteiger partial charge in [-0.15, -0.1) is 0 Å². The van der Waals surface area contributed by atoms with Gasteiger partial charge in [0.1, 0.15) is 11.5 Å². The van der Waals surface area contributed by atoms with Crippen molar-refractivity contribution in [3.05, 3.63) is 47.2 Å². The predicted molar refractivity (Wildman–Crippen MR) is 70.6 cm³/mol. The molecule has 0 saturated carbocycles. The first-order chi connectivity index (χ1) is 8.65. The van der Waals surface area contributed by atoms with Crippen LogP contribution in [0.4, 0.5) is 0 Å². The second-order valence-corrected chi connectivity index (χ2v) is 4.07. The molecule has 2 rings (SSSR count). The van der Waals surface area contributed by atoms with Gasteiger partial charge in [0.2, 0.25) is 5.91 Å². The Hall–Kier alpha value is -2.07. The summed E-state index contributed by atoms with van der Waals surface area (Å²) in [6, 6.07) is 10.9. The van der Waals surface area contributed by atoms with E-state index in [0.717, 1.165) is 11.3 Å². The minimum atomic E-state index is -0.226. The predicted octanol–water partition coefficient (Wildman–Crippen LogP) is 3.07. The lowest BCUT2D eigenvalue weighted by Gasteiger charge is -1.96. The van der Waals surface area contributed by atoms with Gasteiger partial charge in [-0.3, -0.25) is 4.79 Å². The maximum Gasteiger partial charge on any atom is 0.236 e. The molecule has 0 atom stereocenters. The van der Waals surface area contributed by atoms with Gasteiger partial charge in [-0.1, -0.05) is 11.6 Å². The molecule has 4 nitrogen and oxygen atoms in total. The normalized spacial score (nSPS) is 10.8. The lowest BCUT2D eigenvalue weighted by molar-refractivity contribution is -0.118. The number of carbonyl (C=O) groups is 1. The van der Waals surface area contributed by atoms with Crippen LogP contribution in [0.2, 0.25) is 5.02 Å². The van der Waals surface area contributed by atoms with Gasteiger partial charge in [-0.25, -0.2) is 5.43 Å². The van der Waals surface area contributed by atoms with Crippen molar-refractivity contribution in [1.29, 1.82) is 0 Å². The maximum absolute atomic E-state index is 10.6. The van der Waals surface area contributed by atoms with Crippen LogP contribution in [0.25, 0.3) is 11.3 Å². The van der Waals surface area contributed by atoms with Gasteiger partial charge < -0.3 is 4.42 Å². The fourth-order valence-electron chi connectivity index (χ4n) is 1.38. The SMILES string of the molecule is CC(=O)N/N=C/c1ccc(-c2ccc(Cl)cc2)o1. The first-order valence-corrected chi connectivity index (χ1v) is 5.68. The van der Waals surface area contributed by atoms with E-state index in [0.29, 0.717) is 10.8 Å². The average molecular weight is 263 g/mol. The highest BCUT2D eigenvalue weighted by atomic mass is 35.5. The first-order valence-electron chi connectivity index (χ1n) is 5.30. The van der Waals surface area contributed by atoms with Crippen LogP contribution in [0.5, 0.6) is 0 Å². The molecule has 1 aromatic carbocycles. The van der Waals surface area contributed by atoms with Crippen LogP contribution in [-0.2, 0) is 4.79 Å². The molecule has 0 spiro atoms. The highest BCUT2D eigenvalue weighted by molar-refractivity contribution is 6.30. The molecule has 1 N–H and O–H groups in total. The van der Waals surface area contributed by atoms with E-state index in [4.69, 9.17) is 16.0 Å². The third-order valence-corrected chi connectivity index (χ3v) is 2.42. The third kappa shape index (κ3) is 3.21. The summed E-state index contributed by atoms with van der Waals surface area (Å²) in [6.07, 6.45) is 1.45. The molecular weight excluding hydrogens is 252 g/mol. The number of nitrogens with one attached hydrogen (secondary N) is 1. The molecule has 0 fully saturated rings. The highest BCUT2D eigenvalue weighted by Gasteiger charge is 2.03. The van der Waals surface area contributed by atoms with Gasteiger partial charge in [-0.2, -0.15) is 5.10 Å². The second kappa shape index (κ2) is 5.51. The average Bonchev–Trinajstić information content (AvgIpc) is 2.78. The van der Waals surface area contributed by atoms with E-state index in [1.165, 1.54) is 13.1 Å². The van der Waals surface area contributed by atoms with E-state index in [-0.39, 0.29) is 5.91 Å². The van der Waals surface area contributed by atoms with Crippen molar-refractivity contribution in [3.63, 3.8) is 0 Å². The molecule has 0 aliphatic carbocycles. The van der Waals surface area contributed by atoms with Crippen molar-refractivity contribution < 1.29 is 9.21 Å². The molecule has 1 aromatic heterocycles. The molecule has 0 saturated heterocycles. The largest absolute Gasteiger partial charge is 0.455 e. The van der Waals surface area contributed by atoms with Gasteiger partial charge in [0, 0.05) is 17.5 Å². The van der Waals surface area contributed by atoms with Gasteiger partial charge >= 0.3 is 0 Å². The number of halogens is 1. The summed E-state index contributed by atoms with van der Waals surface area (Å²) in [5.74, 6) is 1.06. The van der Waals surface area contributed by atoms with E-state index >= 15 is 0 Å². The fraction of sp³-hybridized carbons (Fsp3) is 0.0769. The first kappa shape index (κ1) is 12.4. The molecule has 0 unspecified atom stereocenters. The number of nitrogens with zero attached hydrogens (tertiary/aromatic N) is 1. The Morgan fingerprint density at radius 1 is 1.28 bits per heavy atom. The molecule has 0 radical (unpaired) electrons. The summed E-state index contributed by atoms with van der Waals surface area (Å²) in [5, 5.41) is 4.40. The monoisotopic (exact) mass is 262 g/mol. The van der Waals surface area contributed by atoms with Crippen molar-refractivity contribution >= 4 is 23.7 Å². The minimum absolute atomic E-state index is 0.226. The van der Waals surface area contributed by atoms with E-state index in [2.05, 4.69) is 10.5 Å². The van der Waals surface area contributed by atoms with Gasteiger partial charge in [0.15, 0.2) is 0 Å². The van der Waals surface area contributed by atoms with Crippen molar-refractivity contribution in [2.75, 3.05) is 0 Å². The Balaban J connectivity index is 2.12. The summed E-state index contributed by atoms with van der Waals surface area (Å²) in [5.41, 5.74) is 3.23. The van der Waals surface area contributed by atoms with Crippen molar-refractivity contribution in [2.45, 2.75) is 6.92 Å². The Kier molecular flexibility index (Phi) is 3.79. The molecule has 1 heterocycles. The van der Waals surface area contributed by atoms with Gasteiger partial charge in [-0.05, 0) is 36.4 Å².